The number of nitrogens with one attached hydrogen (secondary N) is 4. The van der Waals surface area contributed by atoms with Gasteiger partial charge in [-0.2, -0.15) is 0 Å². The minimum absolute atomic E-state index is 0.0603. The van der Waals surface area contributed by atoms with Gasteiger partial charge in [0.15, 0.2) is 0 Å². The van der Waals surface area contributed by atoms with Gasteiger partial charge in [0.1, 0.15) is 37.2 Å². The standard InChI is InChI=1S/C40H64N6O6.C6H14.C2H6.2CH2O/c1-10-25-22-40(25,34(51)41-9)44-31(48)27-23-39(36(6,7)38(39)15-13-16-38)24-46(27)33(50)29(37(8)17-20-52-21-18-37)43-32(49)28(35(3,4)5)42-30(47)26-14-12-19-45(26)11-2;1-3-5-6-4-2;3*1-2/h10,25-29H,1,11-24H2,2-9H3,(H,41,51)(H,42,47)(H,43,49)(H,44,48);3-6H2,1-2H3;1-2H3;2*1H2/t25-,26+,27+,28?,29-,39?,40-;;;;/m1..../s1. The Bertz CT molecular complexity index is 1580. The van der Waals surface area contributed by atoms with Gasteiger partial charge in [0, 0.05) is 43.6 Å². The highest BCUT2D eigenvalue weighted by Gasteiger charge is 2.85. The first-order chi connectivity index (χ1) is 30.3. The van der Waals surface area contributed by atoms with Crippen LogP contribution in [0, 0.1) is 33.0 Å². The molecule has 3 saturated carbocycles. The van der Waals surface area contributed by atoms with E-state index in [2.05, 4.69) is 60.4 Å². The highest BCUT2D eigenvalue weighted by Crippen LogP contribution is 2.88. The molecular formula is C50H88N6O8. The van der Waals surface area contributed by atoms with Crippen molar-refractivity contribution in [3.8, 4) is 0 Å². The highest BCUT2D eigenvalue weighted by atomic mass is 16.5. The first-order valence-electron chi connectivity index (χ1n) is 24.3. The summed E-state index contributed by atoms with van der Waals surface area (Å²) in [5, 5.41) is 12.1. The summed E-state index contributed by atoms with van der Waals surface area (Å²) in [6, 6.07) is -2.94. The van der Waals surface area contributed by atoms with E-state index in [4.69, 9.17) is 14.3 Å². The van der Waals surface area contributed by atoms with Crippen LogP contribution in [0.1, 0.15) is 160 Å². The van der Waals surface area contributed by atoms with Gasteiger partial charge in [-0.15, -0.1) is 6.58 Å². The molecule has 2 unspecified atom stereocenters. The van der Waals surface area contributed by atoms with E-state index in [9.17, 15) is 19.2 Å². The van der Waals surface area contributed by atoms with Crippen molar-refractivity contribution in [2.24, 2.45) is 33.0 Å². The molecule has 7 atom stereocenters. The Hall–Kier alpha value is -3.65. The maximum atomic E-state index is 15.3. The van der Waals surface area contributed by atoms with Crippen molar-refractivity contribution in [2.75, 3.05) is 39.9 Å². The summed E-state index contributed by atoms with van der Waals surface area (Å²) < 4.78 is 5.74. The maximum absolute atomic E-state index is 15.3. The SMILES string of the molecule is C=C[C@@H]1C[C@]1(NC(=O)[C@@H]1CC2(CN1C(=O)[C@@H](NC(=O)C(NC(=O)[C@@H]1CCCN1CC)C(C)(C)C)C1(C)CCOCC1)C(C)(C)C21CCC1)C(=O)NC.C=O.C=O.CC.CCCCCC. The van der Waals surface area contributed by atoms with E-state index in [1.54, 1.807) is 18.0 Å². The monoisotopic (exact) mass is 901 g/mol. The smallest absolute Gasteiger partial charge is 0.246 e. The minimum Gasteiger partial charge on any atom is -0.381 e. The number of likely N-dealkylation sites (N-methyl/N-ethyl adjacent to an activating group) is 2. The van der Waals surface area contributed by atoms with Crippen LogP contribution < -0.4 is 21.3 Å². The van der Waals surface area contributed by atoms with E-state index in [1.165, 1.54) is 25.7 Å². The van der Waals surface area contributed by atoms with E-state index in [1.807, 2.05) is 62.0 Å². The first-order valence-corrected chi connectivity index (χ1v) is 24.3. The molecule has 0 bridgehead atoms. The van der Waals surface area contributed by atoms with Crippen molar-refractivity contribution >= 4 is 43.1 Å². The molecule has 4 N–H and O–H groups in total. The fourth-order valence-corrected chi connectivity index (χ4v) is 11.6. The quantitative estimate of drug-likeness (QED) is 0.117. The third-order valence-corrected chi connectivity index (χ3v) is 16.0. The number of nitrogens with zero attached hydrogens (tertiary/aromatic N) is 2. The van der Waals surface area contributed by atoms with E-state index in [0.29, 0.717) is 45.4 Å². The van der Waals surface area contributed by atoms with E-state index < -0.39 is 40.4 Å². The lowest BCUT2D eigenvalue weighted by Crippen LogP contribution is -2.64. The minimum atomic E-state index is -1.09. The van der Waals surface area contributed by atoms with Gasteiger partial charge >= 0.3 is 0 Å². The molecule has 0 radical (unpaired) electrons. The molecule has 0 aromatic heterocycles. The van der Waals surface area contributed by atoms with Gasteiger partial charge in [-0.25, -0.2) is 0 Å². The predicted octanol–water partition coefficient (Wildman–Crippen LogP) is 6.15. The zero-order valence-corrected chi connectivity index (χ0v) is 42.0. The second kappa shape index (κ2) is 23.7. The molecule has 6 rings (SSSR count). The highest BCUT2D eigenvalue weighted by molar-refractivity contribution is 5.99. The van der Waals surface area contributed by atoms with Crippen molar-refractivity contribution in [3.05, 3.63) is 12.7 Å². The molecule has 2 spiro atoms. The van der Waals surface area contributed by atoms with Gasteiger partial charge in [0.2, 0.25) is 29.5 Å². The average molecular weight is 901 g/mol. The molecule has 0 aromatic rings. The lowest BCUT2D eigenvalue weighted by atomic mass is 9.73. The summed E-state index contributed by atoms with van der Waals surface area (Å²) >= 11 is 0. The summed E-state index contributed by atoms with van der Waals surface area (Å²) in [6.07, 6.45) is 14.2. The lowest BCUT2D eigenvalue weighted by Gasteiger charge is -2.43. The molecule has 5 amide bonds. The molecule has 14 heteroatoms. The maximum Gasteiger partial charge on any atom is 0.246 e. The van der Waals surface area contributed by atoms with Gasteiger partial charge in [0.25, 0.3) is 0 Å². The molecule has 6 fully saturated rings. The van der Waals surface area contributed by atoms with Crippen molar-refractivity contribution in [1.82, 2.24) is 31.1 Å². The van der Waals surface area contributed by atoms with Crippen LogP contribution in [0.3, 0.4) is 0 Å². The van der Waals surface area contributed by atoms with Crippen molar-refractivity contribution in [2.45, 2.75) is 189 Å². The first kappa shape index (κ1) is 56.5. The average Bonchev–Trinajstić information content (AvgIpc) is 3.79. The molecule has 3 saturated heterocycles. The fourth-order valence-electron chi connectivity index (χ4n) is 11.6. The van der Waals surface area contributed by atoms with Crippen LogP contribution in [-0.2, 0) is 38.3 Å². The third kappa shape index (κ3) is 11.0. The van der Waals surface area contributed by atoms with Crippen LogP contribution in [0.4, 0.5) is 0 Å². The third-order valence-electron chi connectivity index (χ3n) is 16.0. The number of carbonyl (C=O) groups excluding carboxylic acids is 7. The number of carbonyl (C=O) groups is 7. The normalized spacial score (nSPS) is 28.5. The van der Waals surface area contributed by atoms with Crippen molar-refractivity contribution in [3.63, 3.8) is 0 Å². The van der Waals surface area contributed by atoms with E-state index >= 15 is 4.79 Å². The number of rotatable bonds is 14. The van der Waals surface area contributed by atoms with Crippen LogP contribution in [0.25, 0.3) is 0 Å². The summed E-state index contributed by atoms with van der Waals surface area (Å²) in [6.45, 7) is 33.6. The van der Waals surface area contributed by atoms with Crippen molar-refractivity contribution < 1.29 is 38.3 Å². The zero-order chi connectivity index (χ0) is 48.9. The van der Waals surface area contributed by atoms with Crippen molar-refractivity contribution in [1.29, 1.82) is 0 Å². The Balaban J connectivity index is 0.00000106. The molecule has 3 heterocycles. The Kier molecular flexibility index (Phi) is 20.9. The van der Waals surface area contributed by atoms with Crippen LogP contribution in [-0.4, -0.2) is 123 Å². The van der Waals surface area contributed by atoms with Crippen LogP contribution in [0.2, 0.25) is 0 Å². The number of hydrogen-bond acceptors (Lipinski definition) is 9. The molecular weight excluding hydrogens is 813 g/mol. The van der Waals surface area contributed by atoms with E-state index in [-0.39, 0.29) is 51.8 Å². The Morgan fingerprint density at radius 3 is 1.83 bits per heavy atom. The Morgan fingerprint density at radius 1 is 0.812 bits per heavy atom. The van der Waals surface area contributed by atoms with Gasteiger partial charge in [-0.1, -0.05) is 114 Å². The largest absolute Gasteiger partial charge is 0.381 e. The van der Waals surface area contributed by atoms with Crippen LogP contribution in [0.15, 0.2) is 12.7 Å². The van der Waals surface area contributed by atoms with Gasteiger partial charge in [-0.3, -0.25) is 28.9 Å². The number of hydrogen-bond donors (Lipinski definition) is 4. The molecule has 6 aliphatic rings. The van der Waals surface area contributed by atoms with Crippen LogP contribution in [0.5, 0.6) is 0 Å². The number of amides is 5. The topological polar surface area (TPSA) is 183 Å². The van der Waals surface area contributed by atoms with Gasteiger partial charge in [0.05, 0.1) is 6.04 Å². The summed E-state index contributed by atoms with van der Waals surface area (Å²) in [5.74, 6) is -1.67. The van der Waals surface area contributed by atoms with Gasteiger partial charge < -0.3 is 40.5 Å². The Morgan fingerprint density at radius 2 is 1.39 bits per heavy atom. The number of unbranched alkanes of at least 4 members (excludes halogenated alkanes) is 3. The fraction of sp³-hybridized carbons (Fsp3) is 0.820. The van der Waals surface area contributed by atoms with E-state index in [0.717, 1.165) is 45.2 Å². The second-order valence-corrected chi connectivity index (χ2v) is 20.4. The second-order valence-electron chi connectivity index (χ2n) is 20.4. The number of likely N-dealkylation sites (tertiary alicyclic amines) is 2. The molecule has 64 heavy (non-hydrogen) atoms. The summed E-state index contributed by atoms with van der Waals surface area (Å²) in [4.78, 5) is 91.0. The zero-order valence-electron chi connectivity index (χ0n) is 42.0. The van der Waals surface area contributed by atoms with Gasteiger partial charge in [-0.05, 0) is 80.7 Å². The molecule has 366 valence electrons. The lowest BCUT2D eigenvalue weighted by molar-refractivity contribution is -0.148. The summed E-state index contributed by atoms with van der Waals surface area (Å²) in [5.41, 5.74) is -2.63. The molecule has 3 aliphatic carbocycles. The molecule has 3 aliphatic heterocycles. The Labute approximate surface area is 386 Å². The number of ether oxygens (including phenoxy) is 1. The molecule has 0 aromatic carbocycles. The van der Waals surface area contributed by atoms with Crippen LogP contribution >= 0.6 is 0 Å². The predicted molar refractivity (Wildman–Crippen MR) is 253 cm³/mol. The number of fused-ring (bicyclic) bond motifs is 1. The summed E-state index contributed by atoms with van der Waals surface area (Å²) in [7, 11) is 1.56. The molecule has 14 nitrogen and oxygen atoms in total.